The maximum Gasteiger partial charge on any atom is 0.128 e. The Morgan fingerprint density at radius 2 is 1.75 bits per heavy atom. The lowest BCUT2D eigenvalue weighted by molar-refractivity contribution is 0.599. The molecule has 0 aliphatic carbocycles. The Kier molecular flexibility index (Phi) is 4.95. The average Bonchev–Trinajstić information content (AvgIpc) is 2.48. The van der Waals surface area contributed by atoms with Crippen LogP contribution in [-0.4, -0.2) is 0 Å². The molecule has 0 aromatic heterocycles. The molecule has 0 aliphatic heterocycles. The van der Waals surface area contributed by atoms with Gasteiger partial charge in [-0.15, -0.1) is 0 Å². The van der Waals surface area contributed by atoms with Crippen LogP contribution in [0.5, 0.6) is 0 Å². The Labute approximate surface area is 128 Å². The monoisotopic (exact) mass is 335 g/mol. The van der Waals surface area contributed by atoms with Crippen LogP contribution >= 0.6 is 15.9 Å². The molecule has 1 atom stereocenters. The van der Waals surface area contributed by atoms with Gasteiger partial charge in [-0.05, 0) is 47.7 Å². The Balaban J connectivity index is 2.42. The van der Waals surface area contributed by atoms with Crippen molar-refractivity contribution in [3.8, 4) is 0 Å². The third-order valence-corrected chi connectivity index (χ3v) is 4.14. The smallest absolute Gasteiger partial charge is 0.128 e. The minimum absolute atomic E-state index is 0.265. The second-order valence-electron chi connectivity index (χ2n) is 4.88. The van der Waals surface area contributed by atoms with Gasteiger partial charge in [0.2, 0.25) is 0 Å². The predicted octanol–water partition coefficient (Wildman–Crippen LogP) is 4.76. The van der Waals surface area contributed by atoms with Crippen LogP contribution < -0.4 is 5.73 Å². The van der Waals surface area contributed by atoms with Crippen molar-refractivity contribution in [3.63, 3.8) is 0 Å². The number of nitrogens with two attached hydrogens (primary N) is 1. The van der Waals surface area contributed by atoms with Crippen molar-refractivity contribution in [2.45, 2.75) is 32.7 Å². The van der Waals surface area contributed by atoms with Crippen molar-refractivity contribution in [2.24, 2.45) is 5.73 Å². The van der Waals surface area contributed by atoms with E-state index in [1.165, 1.54) is 17.2 Å². The topological polar surface area (TPSA) is 26.0 Å². The number of hydrogen-bond donors (Lipinski definition) is 1. The van der Waals surface area contributed by atoms with Crippen LogP contribution in [0.15, 0.2) is 40.9 Å². The highest BCUT2D eigenvalue weighted by molar-refractivity contribution is 9.10. The van der Waals surface area contributed by atoms with Crippen LogP contribution in [0.25, 0.3) is 0 Å². The van der Waals surface area contributed by atoms with Gasteiger partial charge in [-0.2, -0.15) is 0 Å². The van der Waals surface area contributed by atoms with E-state index in [1.54, 1.807) is 12.1 Å². The van der Waals surface area contributed by atoms with Gasteiger partial charge in [-0.25, -0.2) is 4.39 Å². The van der Waals surface area contributed by atoms with E-state index in [-0.39, 0.29) is 5.82 Å². The lowest BCUT2D eigenvalue weighted by Crippen LogP contribution is -2.14. The normalized spacial score (nSPS) is 12.4. The van der Waals surface area contributed by atoms with Gasteiger partial charge < -0.3 is 5.73 Å². The summed E-state index contributed by atoms with van der Waals surface area (Å²) in [6, 6.07) is 10.6. The maximum absolute atomic E-state index is 13.9. The molecule has 2 aromatic carbocycles. The molecule has 0 bridgehead atoms. The van der Waals surface area contributed by atoms with Crippen molar-refractivity contribution in [3.05, 3.63) is 68.9 Å². The summed E-state index contributed by atoms with van der Waals surface area (Å²) in [5.41, 5.74) is 10.3. The van der Waals surface area contributed by atoms with Gasteiger partial charge in [0, 0.05) is 10.0 Å². The van der Waals surface area contributed by atoms with Crippen LogP contribution in [0, 0.1) is 5.82 Å². The summed E-state index contributed by atoms with van der Waals surface area (Å²) in [6.07, 6.45) is 1.97. The minimum Gasteiger partial charge on any atom is -0.320 e. The summed E-state index contributed by atoms with van der Waals surface area (Å²) in [5.74, 6) is -0.265. The number of benzene rings is 2. The molecular formula is C17H19BrFN. The first-order valence-electron chi connectivity index (χ1n) is 6.89. The Bertz CT molecular complexity index is 610. The standard InChI is InChI=1S/C17H19BrFN/c1-3-11-5-6-13(9-12(11)4-2)17(20)15-10-14(18)7-8-16(15)19/h5-10,17H,3-4,20H2,1-2H3. The van der Waals surface area contributed by atoms with Gasteiger partial charge in [0.15, 0.2) is 0 Å². The second kappa shape index (κ2) is 6.51. The predicted molar refractivity (Wildman–Crippen MR) is 85.3 cm³/mol. The molecule has 20 heavy (non-hydrogen) atoms. The lowest BCUT2D eigenvalue weighted by Gasteiger charge is -2.16. The highest BCUT2D eigenvalue weighted by Crippen LogP contribution is 2.27. The largest absolute Gasteiger partial charge is 0.320 e. The van der Waals surface area contributed by atoms with E-state index in [4.69, 9.17) is 5.73 Å². The number of hydrogen-bond acceptors (Lipinski definition) is 1. The Morgan fingerprint density at radius 3 is 2.40 bits per heavy atom. The van der Waals surface area contributed by atoms with Crippen LogP contribution in [-0.2, 0) is 12.8 Å². The van der Waals surface area contributed by atoms with Gasteiger partial charge in [-0.1, -0.05) is 48.0 Å². The Hall–Kier alpha value is -1.19. The van der Waals surface area contributed by atoms with Crippen LogP contribution in [0.3, 0.4) is 0 Å². The van der Waals surface area contributed by atoms with E-state index in [9.17, 15) is 4.39 Å². The first-order valence-corrected chi connectivity index (χ1v) is 7.68. The van der Waals surface area contributed by atoms with Crippen molar-refractivity contribution in [2.75, 3.05) is 0 Å². The van der Waals surface area contributed by atoms with E-state index < -0.39 is 6.04 Å². The maximum atomic E-state index is 13.9. The molecule has 0 radical (unpaired) electrons. The molecule has 0 saturated carbocycles. The van der Waals surface area contributed by atoms with E-state index in [0.717, 1.165) is 22.9 Å². The molecule has 2 aromatic rings. The molecule has 2 rings (SSSR count). The molecule has 0 saturated heterocycles. The quantitative estimate of drug-likeness (QED) is 0.856. The minimum atomic E-state index is -0.441. The summed E-state index contributed by atoms with van der Waals surface area (Å²) in [4.78, 5) is 0. The summed E-state index contributed by atoms with van der Waals surface area (Å²) in [6.45, 7) is 4.27. The molecule has 0 heterocycles. The lowest BCUT2D eigenvalue weighted by atomic mass is 9.93. The fourth-order valence-electron chi connectivity index (χ4n) is 2.45. The zero-order valence-electron chi connectivity index (χ0n) is 11.8. The van der Waals surface area contributed by atoms with Gasteiger partial charge >= 0.3 is 0 Å². The first-order chi connectivity index (χ1) is 9.56. The molecule has 1 nitrogen and oxygen atoms in total. The number of halogens is 2. The van der Waals surface area contributed by atoms with E-state index >= 15 is 0 Å². The van der Waals surface area contributed by atoms with E-state index in [0.29, 0.717) is 5.56 Å². The zero-order chi connectivity index (χ0) is 14.7. The van der Waals surface area contributed by atoms with Crippen LogP contribution in [0.4, 0.5) is 4.39 Å². The molecule has 0 spiro atoms. The van der Waals surface area contributed by atoms with Crippen LogP contribution in [0.1, 0.15) is 42.1 Å². The second-order valence-corrected chi connectivity index (χ2v) is 5.79. The fourth-order valence-corrected chi connectivity index (χ4v) is 2.82. The molecular weight excluding hydrogens is 317 g/mol. The molecule has 1 unspecified atom stereocenters. The average molecular weight is 336 g/mol. The summed E-state index contributed by atoms with van der Waals surface area (Å²) < 4.78 is 14.8. The summed E-state index contributed by atoms with van der Waals surface area (Å²) >= 11 is 3.37. The first kappa shape index (κ1) is 15.2. The van der Waals surface area contributed by atoms with Crippen molar-refractivity contribution in [1.29, 1.82) is 0 Å². The van der Waals surface area contributed by atoms with Gasteiger partial charge in [0.05, 0.1) is 6.04 Å². The van der Waals surface area contributed by atoms with Gasteiger partial charge in [-0.3, -0.25) is 0 Å². The molecule has 0 aliphatic rings. The van der Waals surface area contributed by atoms with E-state index in [1.807, 2.05) is 6.07 Å². The molecule has 2 N–H and O–H groups in total. The Morgan fingerprint density at radius 1 is 1.05 bits per heavy atom. The van der Waals surface area contributed by atoms with Gasteiger partial charge in [0.1, 0.15) is 5.82 Å². The zero-order valence-corrected chi connectivity index (χ0v) is 13.4. The molecule has 0 fully saturated rings. The molecule has 106 valence electrons. The van der Waals surface area contributed by atoms with Crippen LogP contribution in [0.2, 0.25) is 0 Å². The van der Waals surface area contributed by atoms with Crippen molar-refractivity contribution in [1.82, 2.24) is 0 Å². The van der Waals surface area contributed by atoms with Gasteiger partial charge in [0.25, 0.3) is 0 Å². The highest BCUT2D eigenvalue weighted by Gasteiger charge is 2.15. The summed E-state index contributed by atoms with van der Waals surface area (Å²) in [7, 11) is 0. The highest BCUT2D eigenvalue weighted by atomic mass is 79.9. The number of rotatable bonds is 4. The molecule has 3 heteroatoms. The SMILES string of the molecule is CCc1ccc(C(N)c2cc(Br)ccc2F)cc1CC. The van der Waals surface area contributed by atoms with E-state index in [2.05, 4.69) is 41.9 Å². The fraction of sp³-hybridized carbons (Fsp3) is 0.294. The molecule has 0 amide bonds. The van der Waals surface area contributed by atoms with Crippen molar-refractivity contribution < 1.29 is 4.39 Å². The summed E-state index contributed by atoms with van der Waals surface area (Å²) in [5, 5.41) is 0. The third kappa shape index (κ3) is 3.10. The van der Waals surface area contributed by atoms with Crippen molar-refractivity contribution >= 4 is 15.9 Å². The third-order valence-electron chi connectivity index (χ3n) is 3.64. The number of aryl methyl sites for hydroxylation is 2.